The number of amides is 2. The predicted molar refractivity (Wildman–Crippen MR) is 52.2 cm³/mol. The molecule has 0 aromatic rings. The van der Waals surface area contributed by atoms with E-state index in [-0.39, 0.29) is 18.4 Å². The van der Waals surface area contributed by atoms with Crippen molar-refractivity contribution in [2.75, 3.05) is 6.61 Å². The summed E-state index contributed by atoms with van der Waals surface area (Å²) < 4.78 is 0. The molecule has 2 saturated carbocycles. The molecule has 0 spiro atoms. The van der Waals surface area contributed by atoms with Crippen molar-refractivity contribution in [1.29, 1.82) is 0 Å². The normalized spacial score (nSPS) is 32.9. The van der Waals surface area contributed by atoms with Crippen LogP contribution in [-0.2, 0) is 14.4 Å². The minimum absolute atomic E-state index is 0.0897. The lowest BCUT2D eigenvalue weighted by Gasteiger charge is -2.04. The van der Waals surface area contributed by atoms with Crippen molar-refractivity contribution in [1.82, 2.24) is 5.48 Å². The highest BCUT2D eigenvalue weighted by Crippen LogP contribution is 2.55. The molecule has 0 aromatic carbocycles. The quantitative estimate of drug-likeness (QED) is 0.641. The van der Waals surface area contributed by atoms with Crippen LogP contribution in [-0.4, -0.2) is 18.4 Å². The van der Waals surface area contributed by atoms with Crippen molar-refractivity contribution in [2.45, 2.75) is 25.7 Å². The lowest BCUT2D eigenvalue weighted by atomic mass is 10.0. The van der Waals surface area contributed by atoms with Crippen molar-refractivity contribution in [2.24, 2.45) is 23.5 Å². The third kappa shape index (κ3) is 2.28. The fraction of sp³-hybridized carbons (Fsp3) is 0.800. The molecule has 0 radical (unpaired) electrons. The van der Waals surface area contributed by atoms with E-state index in [0.717, 1.165) is 12.8 Å². The van der Waals surface area contributed by atoms with Crippen LogP contribution in [0.4, 0.5) is 0 Å². The average Bonchev–Trinajstić information content (AvgIpc) is 2.90. The molecule has 0 bridgehead atoms. The van der Waals surface area contributed by atoms with Crippen LogP contribution in [0.3, 0.4) is 0 Å². The van der Waals surface area contributed by atoms with E-state index < -0.39 is 5.91 Å². The first-order chi connectivity index (χ1) is 7.20. The molecule has 0 aliphatic heterocycles. The van der Waals surface area contributed by atoms with Gasteiger partial charge in [0.25, 0.3) is 0 Å². The topological polar surface area (TPSA) is 81.4 Å². The maximum Gasteiger partial charge on any atom is 0.247 e. The molecule has 2 aliphatic rings. The zero-order valence-electron chi connectivity index (χ0n) is 8.57. The Hall–Kier alpha value is -1.10. The summed E-state index contributed by atoms with van der Waals surface area (Å²) in [6.07, 6.45) is 4.76. The van der Waals surface area contributed by atoms with Crippen LogP contribution in [0.5, 0.6) is 0 Å². The summed E-state index contributed by atoms with van der Waals surface area (Å²) in [5.41, 5.74) is 7.16. The average molecular weight is 212 g/mol. The van der Waals surface area contributed by atoms with E-state index >= 15 is 0 Å². The van der Waals surface area contributed by atoms with E-state index in [4.69, 9.17) is 10.6 Å². The van der Waals surface area contributed by atoms with Gasteiger partial charge in [0.1, 0.15) is 0 Å². The maximum absolute atomic E-state index is 11.6. The number of carbonyl (C=O) groups is 2. The van der Waals surface area contributed by atoms with Crippen LogP contribution in [0, 0.1) is 17.8 Å². The summed E-state index contributed by atoms with van der Waals surface area (Å²) in [4.78, 5) is 26.6. The molecule has 15 heavy (non-hydrogen) atoms. The van der Waals surface area contributed by atoms with Crippen molar-refractivity contribution in [3.63, 3.8) is 0 Å². The van der Waals surface area contributed by atoms with Crippen LogP contribution < -0.4 is 11.2 Å². The predicted octanol–water partition coefficient (Wildman–Crippen LogP) is -0.0443. The van der Waals surface area contributed by atoms with Crippen LogP contribution in [0.2, 0.25) is 0 Å². The number of nitrogens with one attached hydrogen (secondary N) is 1. The first-order valence-corrected chi connectivity index (χ1v) is 5.40. The summed E-state index contributed by atoms with van der Waals surface area (Å²) in [5.74, 6) is 0.545. The molecular formula is C10H16N2O3. The van der Waals surface area contributed by atoms with Crippen molar-refractivity contribution >= 4 is 11.8 Å². The molecule has 2 rings (SSSR count). The molecule has 2 atom stereocenters. The number of fused-ring (bicyclic) bond motifs is 1. The van der Waals surface area contributed by atoms with Crippen LogP contribution >= 0.6 is 0 Å². The van der Waals surface area contributed by atoms with E-state index in [1.54, 1.807) is 0 Å². The summed E-state index contributed by atoms with van der Waals surface area (Å²) >= 11 is 0. The van der Waals surface area contributed by atoms with Gasteiger partial charge in [-0.15, -0.1) is 0 Å². The third-order valence-electron chi connectivity index (χ3n) is 3.35. The Morgan fingerprint density at radius 2 is 1.87 bits per heavy atom. The van der Waals surface area contributed by atoms with E-state index in [1.165, 1.54) is 12.8 Å². The first-order valence-electron chi connectivity index (χ1n) is 5.40. The van der Waals surface area contributed by atoms with Gasteiger partial charge in [0, 0.05) is 5.92 Å². The largest absolute Gasteiger partial charge is 0.368 e. The fourth-order valence-electron chi connectivity index (χ4n) is 2.63. The summed E-state index contributed by atoms with van der Waals surface area (Å²) in [6.45, 7) is -0.256. The molecular weight excluding hydrogens is 196 g/mol. The van der Waals surface area contributed by atoms with Gasteiger partial charge in [-0.1, -0.05) is 12.8 Å². The zero-order valence-corrected chi connectivity index (χ0v) is 8.57. The molecule has 5 heteroatoms. The first kappa shape index (κ1) is 10.4. The molecule has 84 valence electrons. The Morgan fingerprint density at radius 3 is 2.40 bits per heavy atom. The highest BCUT2D eigenvalue weighted by Gasteiger charge is 2.54. The van der Waals surface area contributed by atoms with Gasteiger partial charge in [-0.2, -0.15) is 0 Å². The van der Waals surface area contributed by atoms with Gasteiger partial charge in [0.2, 0.25) is 11.8 Å². The van der Waals surface area contributed by atoms with Gasteiger partial charge in [-0.05, 0) is 24.7 Å². The molecule has 5 nitrogen and oxygen atoms in total. The Kier molecular flexibility index (Phi) is 2.90. The van der Waals surface area contributed by atoms with E-state index in [2.05, 4.69) is 5.48 Å². The molecule has 2 unspecified atom stereocenters. The molecule has 2 fully saturated rings. The van der Waals surface area contributed by atoms with Crippen LogP contribution in [0.15, 0.2) is 0 Å². The van der Waals surface area contributed by atoms with Crippen LogP contribution in [0.1, 0.15) is 25.7 Å². The smallest absolute Gasteiger partial charge is 0.247 e. The van der Waals surface area contributed by atoms with Crippen molar-refractivity contribution in [3.05, 3.63) is 0 Å². The molecule has 0 saturated heterocycles. The summed E-state index contributed by atoms with van der Waals surface area (Å²) in [5, 5.41) is 0. The Morgan fingerprint density at radius 1 is 1.27 bits per heavy atom. The van der Waals surface area contributed by atoms with Crippen molar-refractivity contribution < 1.29 is 14.4 Å². The van der Waals surface area contributed by atoms with Gasteiger partial charge in [-0.3, -0.25) is 14.4 Å². The van der Waals surface area contributed by atoms with Gasteiger partial charge in [0.15, 0.2) is 6.61 Å². The third-order valence-corrected chi connectivity index (χ3v) is 3.35. The monoisotopic (exact) mass is 212 g/mol. The second kappa shape index (κ2) is 4.18. The van der Waals surface area contributed by atoms with Gasteiger partial charge in [0.05, 0.1) is 0 Å². The second-order valence-corrected chi connectivity index (χ2v) is 4.36. The van der Waals surface area contributed by atoms with Crippen LogP contribution in [0.25, 0.3) is 0 Å². The fourth-order valence-corrected chi connectivity index (χ4v) is 2.63. The van der Waals surface area contributed by atoms with Gasteiger partial charge < -0.3 is 5.73 Å². The molecule has 2 amide bonds. The SMILES string of the molecule is NC(=O)CONC(=O)C1C2CCCCC21. The molecule has 0 aromatic heterocycles. The molecule has 2 aliphatic carbocycles. The number of nitrogens with two attached hydrogens (primary N) is 1. The lowest BCUT2D eigenvalue weighted by molar-refractivity contribution is -0.139. The highest BCUT2D eigenvalue weighted by molar-refractivity contribution is 5.81. The van der Waals surface area contributed by atoms with Gasteiger partial charge >= 0.3 is 0 Å². The van der Waals surface area contributed by atoms with Gasteiger partial charge in [-0.25, -0.2) is 5.48 Å². The number of rotatable bonds is 4. The van der Waals surface area contributed by atoms with E-state index in [0.29, 0.717) is 11.8 Å². The number of hydroxylamine groups is 1. The second-order valence-electron chi connectivity index (χ2n) is 4.36. The van der Waals surface area contributed by atoms with Crippen molar-refractivity contribution in [3.8, 4) is 0 Å². The molecule has 3 N–H and O–H groups in total. The van der Waals surface area contributed by atoms with E-state index in [9.17, 15) is 9.59 Å². The molecule has 0 heterocycles. The summed E-state index contributed by atoms with van der Waals surface area (Å²) in [7, 11) is 0. The number of hydrogen-bond donors (Lipinski definition) is 2. The highest BCUT2D eigenvalue weighted by atomic mass is 16.7. The lowest BCUT2D eigenvalue weighted by Crippen LogP contribution is -2.31. The Labute approximate surface area is 88.3 Å². The number of carbonyl (C=O) groups excluding carboxylic acids is 2. The maximum atomic E-state index is 11.6. The Balaban J connectivity index is 1.71. The summed E-state index contributed by atoms with van der Waals surface area (Å²) in [6, 6.07) is 0. The minimum Gasteiger partial charge on any atom is -0.368 e. The minimum atomic E-state index is -0.580. The zero-order chi connectivity index (χ0) is 10.8. The standard InChI is InChI=1S/C10H16N2O3/c11-8(13)5-15-12-10(14)9-6-3-1-2-4-7(6)9/h6-7,9H,1-5H2,(H2,11,13)(H,12,14). The number of primary amides is 1. The van der Waals surface area contributed by atoms with E-state index in [1.807, 2.05) is 0 Å². The Bertz CT molecular complexity index is 268. The number of hydrogen-bond acceptors (Lipinski definition) is 3.